The van der Waals surface area contributed by atoms with Gasteiger partial charge in [-0.25, -0.2) is 22.5 Å². The molecule has 0 saturated heterocycles. The van der Waals surface area contributed by atoms with E-state index in [2.05, 4.69) is 9.71 Å². The number of benzene rings is 1. The molecule has 6 nitrogen and oxygen atoms in total. The van der Waals surface area contributed by atoms with E-state index in [1.165, 1.54) is 24.4 Å². The van der Waals surface area contributed by atoms with Crippen molar-refractivity contribution in [1.29, 1.82) is 0 Å². The predicted octanol–water partition coefficient (Wildman–Crippen LogP) is 2.78. The Morgan fingerprint density at radius 2 is 1.88 bits per heavy atom. The normalized spacial score (nSPS) is 12.0. The van der Waals surface area contributed by atoms with Crippen LogP contribution in [0.5, 0.6) is 5.75 Å². The molecule has 0 amide bonds. The first-order valence-electron chi connectivity index (χ1n) is 8.23. The van der Waals surface area contributed by atoms with Crippen LogP contribution in [0.3, 0.4) is 0 Å². The van der Waals surface area contributed by atoms with Crippen molar-refractivity contribution in [2.75, 3.05) is 6.54 Å². The summed E-state index contributed by atoms with van der Waals surface area (Å²) in [5, 5.41) is 0. The van der Waals surface area contributed by atoms with Gasteiger partial charge in [0.25, 0.3) is 0 Å². The molecule has 0 bridgehead atoms. The van der Waals surface area contributed by atoms with Crippen LogP contribution < -0.4 is 9.46 Å². The van der Waals surface area contributed by atoms with Crippen molar-refractivity contribution >= 4 is 15.7 Å². The summed E-state index contributed by atoms with van der Waals surface area (Å²) < 4.78 is 47.5. The molecule has 0 atom stereocenters. The third kappa shape index (κ3) is 4.39. The Morgan fingerprint density at radius 1 is 1.15 bits per heavy atom. The summed E-state index contributed by atoms with van der Waals surface area (Å²) in [6.45, 7) is 4.00. The third-order valence-corrected chi connectivity index (χ3v) is 5.12. The third-order valence-electron chi connectivity index (χ3n) is 3.64. The summed E-state index contributed by atoms with van der Waals surface area (Å²) in [7, 11) is -3.61. The molecule has 0 spiro atoms. The van der Waals surface area contributed by atoms with Gasteiger partial charge in [0, 0.05) is 25.4 Å². The van der Waals surface area contributed by atoms with E-state index in [4.69, 9.17) is 4.74 Å². The molecule has 2 heterocycles. The Hall–Kier alpha value is -2.45. The van der Waals surface area contributed by atoms with Gasteiger partial charge in [0.2, 0.25) is 10.0 Å². The topological polar surface area (TPSA) is 72.7 Å². The molecular formula is C18H20FN3O3S. The number of hydrogen-bond donors (Lipinski definition) is 1. The van der Waals surface area contributed by atoms with Crippen molar-refractivity contribution in [3.8, 4) is 5.75 Å². The van der Waals surface area contributed by atoms with E-state index in [0.29, 0.717) is 23.5 Å². The summed E-state index contributed by atoms with van der Waals surface area (Å²) in [6, 6.07) is 9.18. The number of imidazole rings is 1. The number of hydrogen-bond acceptors (Lipinski definition) is 4. The van der Waals surface area contributed by atoms with Crippen LogP contribution in [0.25, 0.3) is 5.65 Å². The van der Waals surface area contributed by atoms with E-state index < -0.39 is 10.0 Å². The van der Waals surface area contributed by atoms with Gasteiger partial charge in [0.05, 0.1) is 16.7 Å². The predicted molar refractivity (Wildman–Crippen MR) is 96.2 cm³/mol. The van der Waals surface area contributed by atoms with Gasteiger partial charge >= 0.3 is 0 Å². The van der Waals surface area contributed by atoms with Crippen molar-refractivity contribution in [3.05, 3.63) is 60.3 Å². The average Bonchev–Trinajstić information content (AvgIpc) is 2.96. The van der Waals surface area contributed by atoms with Crippen molar-refractivity contribution in [3.63, 3.8) is 0 Å². The van der Waals surface area contributed by atoms with Crippen molar-refractivity contribution < 1.29 is 17.5 Å². The van der Waals surface area contributed by atoms with E-state index >= 15 is 0 Å². The molecular weight excluding hydrogens is 357 g/mol. The quantitative estimate of drug-likeness (QED) is 0.687. The Labute approximate surface area is 151 Å². The maximum absolute atomic E-state index is 13.2. The van der Waals surface area contributed by atoms with Gasteiger partial charge in [0.1, 0.15) is 17.2 Å². The molecule has 138 valence electrons. The monoisotopic (exact) mass is 377 g/mol. The van der Waals surface area contributed by atoms with Gasteiger partial charge in [-0.2, -0.15) is 0 Å². The van der Waals surface area contributed by atoms with Gasteiger partial charge in [-0.15, -0.1) is 0 Å². The lowest BCUT2D eigenvalue weighted by Gasteiger charge is -2.10. The molecule has 0 saturated carbocycles. The van der Waals surface area contributed by atoms with Crippen LogP contribution in [0.2, 0.25) is 0 Å². The zero-order valence-corrected chi connectivity index (χ0v) is 15.3. The maximum atomic E-state index is 13.2. The fraction of sp³-hybridized carbons (Fsp3) is 0.278. The second kappa shape index (κ2) is 7.43. The van der Waals surface area contributed by atoms with Gasteiger partial charge in [0.15, 0.2) is 0 Å². The number of rotatable bonds is 7. The number of aromatic nitrogens is 2. The van der Waals surface area contributed by atoms with Gasteiger partial charge in [-0.05, 0) is 50.2 Å². The summed E-state index contributed by atoms with van der Waals surface area (Å²) in [6.07, 6.45) is 3.44. The Kier molecular flexibility index (Phi) is 5.24. The highest BCUT2D eigenvalue weighted by molar-refractivity contribution is 7.89. The molecule has 0 unspecified atom stereocenters. The van der Waals surface area contributed by atoms with Crippen molar-refractivity contribution in [2.45, 2.75) is 31.3 Å². The van der Waals surface area contributed by atoms with E-state index in [1.807, 2.05) is 13.8 Å². The van der Waals surface area contributed by atoms with Gasteiger partial charge in [-0.3, -0.25) is 0 Å². The average molecular weight is 377 g/mol. The number of sulfonamides is 1. The van der Waals surface area contributed by atoms with Crippen LogP contribution in [0.4, 0.5) is 4.39 Å². The zero-order valence-electron chi connectivity index (χ0n) is 14.5. The molecule has 26 heavy (non-hydrogen) atoms. The zero-order chi connectivity index (χ0) is 18.7. The summed E-state index contributed by atoms with van der Waals surface area (Å²) in [5.74, 6) is 0.267. The van der Waals surface area contributed by atoms with Crippen LogP contribution in [0.15, 0.2) is 53.7 Å². The first kappa shape index (κ1) is 18.3. The van der Waals surface area contributed by atoms with Crippen LogP contribution in [0.1, 0.15) is 19.5 Å². The molecule has 1 aromatic carbocycles. The molecule has 2 aromatic heterocycles. The first-order valence-corrected chi connectivity index (χ1v) is 9.71. The number of fused-ring (bicyclic) bond motifs is 1. The molecule has 8 heteroatoms. The molecule has 0 fully saturated rings. The highest BCUT2D eigenvalue weighted by Crippen LogP contribution is 2.17. The van der Waals surface area contributed by atoms with Crippen LogP contribution in [0, 0.1) is 5.82 Å². The van der Waals surface area contributed by atoms with E-state index in [9.17, 15) is 12.8 Å². The van der Waals surface area contributed by atoms with Crippen LogP contribution in [-0.2, 0) is 16.4 Å². The highest BCUT2D eigenvalue weighted by atomic mass is 32.2. The maximum Gasteiger partial charge on any atom is 0.240 e. The number of halogens is 1. The second-order valence-electron chi connectivity index (χ2n) is 6.13. The molecule has 0 aliphatic carbocycles. The van der Waals surface area contributed by atoms with E-state index in [0.717, 1.165) is 0 Å². The van der Waals surface area contributed by atoms with Gasteiger partial charge in [-0.1, -0.05) is 0 Å². The lowest BCUT2D eigenvalue weighted by atomic mass is 10.3. The van der Waals surface area contributed by atoms with Crippen LogP contribution >= 0.6 is 0 Å². The molecule has 0 radical (unpaired) electrons. The second-order valence-corrected chi connectivity index (χ2v) is 7.90. The van der Waals surface area contributed by atoms with E-state index in [1.54, 1.807) is 28.8 Å². The minimum atomic E-state index is -3.61. The molecule has 1 N–H and O–H groups in total. The van der Waals surface area contributed by atoms with Crippen molar-refractivity contribution in [1.82, 2.24) is 14.1 Å². The summed E-state index contributed by atoms with van der Waals surface area (Å²) in [4.78, 5) is 4.50. The Balaban J connectivity index is 1.62. The molecule has 3 aromatic rings. The number of nitrogens with one attached hydrogen (secondary N) is 1. The molecule has 3 rings (SSSR count). The minimum Gasteiger partial charge on any atom is -0.491 e. The van der Waals surface area contributed by atoms with Crippen molar-refractivity contribution in [2.24, 2.45) is 0 Å². The fourth-order valence-electron chi connectivity index (χ4n) is 2.50. The fourth-order valence-corrected chi connectivity index (χ4v) is 3.54. The minimum absolute atomic E-state index is 0.0227. The number of pyridine rings is 1. The Morgan fingerprint density at radius 3 is 2.58 bits per heavy atom. The number of ether oxygens (including phenoxy) is 1. The van der Waals surface area contributed by atoms with E-state index in [-0.39, 0.29) is 23.4 Å². The molecule has 0 aliphatic rings. The largest absolute Gasteiger partial charge is 0.491 e. The molecule has 0 aliphatic heterocycles. The lowest BCUT2D eigenvalue weighted by Crippen LogP contribution is -2.26. The first-order chi connectivity index (χ1) is 12.3. The summed E-state index contributed by atoms with van der Waals surface area (Å²) in [5.41, 5.74) is 1.30. The van der Waals surface area contributed by atoms with Gasteiger partial charge < -0.3 is 9.14 Å². The highest BCUT2D eigenvalue weighted by Gasteiger charge is 2.14. The SMILES string of the molecule is CC(C)Oc1ccc(S(=O)(=O)NCCc2cn3cc(F)ccc3n2)cc1. The smallest absolute Gasteiger partial charge is 0.240 e. The summed E-state index contributed by atoms with van der Waals surface area (Å²) >= 11 is 0. The lowest BCUT2D eigenvalue weighted by molar-refractivity contribution is 0.242. The number of nitrogens with zero attached hydrogens (tertiary/aromatic N) is 2. The Bertz CT molecular complexity index is 998. The standard InChI is InChI=1S/C18H20FN3O3S/c1-13(2)25-16-4-6-17(7-5-16)26(23,24)20-10-9-15-12-22-11-14(19)3-8-18(22)21-15/h3-8,11-13,20H,9-10H2,1-2H3. The van der Waals surface area contributed by atoms with Crippen LogP contribution in [-0.4, -0.2) is 30.5 Å².